The van der Waals surface area contributed by atoms with Gasteiger partial charge in [0, 0.05) is 22.6 Å². The molecule has 2 heterocycles. The van der Waals surface area contributed by atoms with Crippen LogP contribution in [0.15, 0.2) is 58.3 Å². The minimum absolute atomic E-state index is 0.137. The standard InChI is InChI=1S/C22H28N2O4S3/c1-15-3-7-17(8-4-15)30(25,26)23-19-11-13-22-20(12-14-21(19)29-22)24-31(27,28)18-9-5-16(2)6-10-18/h3-10,19-24H,11-14H2,1-2H3/t19-,20-,21-,22-/m1/s1. The summed E-state index contributed by atoms with van der Waals surface area (Å²) in [6, 6.07) is 13.4. The lowest BCUT2D eigenvalue weighted by atomic mass is 9.92. The predicted molar refractivity (Wildman–Crippen MR) is 124 cm³/mol. The van der Waals surface area contributed by atoms with Crippen LogP contribution in [0.2, 0.25) is 0 Å². The summed E-state index contributed by atoms with van der Waals surface area (Å²) in [5.41, 5.74) is 2.03. The summed E-state index contributed by atoms with van der Waals surface area (Å²) >= 11 is 1.71. The van der Waals surface area contributed by atoms with Crippen LogP contribution in [0.4, 0.5) is 0 Å². The molecule has 4 atom stereocenters. The third-order valence-corrected chi connectivity index (χ3v) is 10.9. The Balaban J connectivity index is 1.40. The maximum atomic E-state index is 12.8. The van der Waals surface area contributed by atoms with Crippen LogP contribution in [0.3, 0.4) is 0 Å². The highest BCUT2D eigenvalue weighted by molar-refractivity contribution is 8.00. The Morgan fingerprint density at radius 2 is 1.00 bits per heavy atom. The maximum Gasteiger partial charge on any atom is 0.240 e. The van der Waals surface area contributed by atoms with E-state index in [1.807, 2.05) is 13.8 Å². The van der Waals surface area contributed by atoms with Crippen molar-refractivity contribution in [3.63, 3.8) is 0 Å². The molecule has 168 valence electrons. The van der Waals surface area contributed by atoms with Gasteiger partial charge in [0.05, 0.1) is 9.79 Å². The molecule has 0 radical (unpaired) electrons. The fourth-order valence-corrected chi connectivity index (χ4v) is 8.83. The summed E-state index contributed by atoms with van der Waals surface area (Å²) in [6.45, 7) is 3.85. The van der Waals surface area contributed by atoms with Crippen LogP contribution in [0, 0.1) is 13.8 Å². The molecule has 2 aliphatic rings. The van der Waals surface area contributed by atoms with Gasteiger partial charge in [0.2, 0.25) is 20.0 Å². The Morgan fingerprint density at radius 1 is 0.645 bits per heavy atom. The molecule has 2 saturated heterocycles. The van der Waals surface area contributed by atoms with Crippen LogP contribution < -0.4 is 9.44 Å². The van der Waals surface area contributed by atoms with Crippen LogP contribution >= 0.6 is 11.8 Å². The third kappa shape index (κ3) is 5.17. The highest BCUT2D eigenvalue weighted by Crippen LogP contribution is 2.42. The van der Waals surface area contributed by atoms with Crippen molar-refractivity contribution in [1.82, 2.24) is 9.44 Å². The number of thioether (sulfide) groups is 1. The van der Waals surface area contributed by atoms with Crippen molar-refractivity contribution in [2.75, 3.05) is 0 Å². The second kappa shape index (κ2) is 8.86. The SMILES string of the molecule is Cc1ccc(S(=O)(=O)N[C@@H]2CC[C@H]3S[C@@H]2CC[C@H]3NS(=O)(=O)c2ccc(C)cc2)cc1. The van der Waals surface area contributed by atoms with Gasteiger partial charge in [0.1, 0.15) is 0 Å². The molecule has 2 aromatic rings. The van der Waals surface area contributed by atoms with Crippen molar-refractivity contribution < 1.29 is 16.8 Å². The van der Waals surface area contributed by atoms with E-state index >= 15 is 0 Å². The van der Waals surface area contributed by atoms with Gasteiger partial charge < -0.3 is 0 Å². The molecule has 2 fully saturated rings. The van der Waals surface area contributed by atoms with Gasteiger partial charge in [-0.3, -0.25) is 0 Å². The van der Waals surface area contributed by atoms with Crippen LogP contribution in [-0.2, 0) is 20.0 Å². The van der Waals surface area contributed by atoms with E-state index in [1.54, 1.807) is 60.3 Å². The van der Waals surface area contributed by atoms with E-state index in [1.165, 1.54) is 0 Å². The number of aryl methyl sites for hydroxylation is 2. The topological polar surface area (TPSA) is 92.3 Å². The molecule has 0 saturated carbocycles. The van der Waals surface area contributed by atoms with E-state index in [0.717, 1.165) is 24.0 Å². The molecule has 0 aliphatic carbocycles. The first-order chi connectivity index (χ1) is 14.6. The second-order valence-electron chi connectivity index (χ2n) is 8.45. The lowest BCUT2D eigenvalue weighted by molar-refractivity contribution is 0.374. The van der Waals surface area contributed by atoms with Crippen molar-refractivity contribution in [2.45, 2.75) is 71.9 Å². The Kier molecular flexibility index (Phi) is 6.52. The minimum Gasteiger partial charge on any atom is -0.207 e. The molecule has 0 amide bonds. The zero-order valence-electron chi connectivity index (χ0n) is 17.6. The summed E-state index contributed by atoms with van der Waals surface area (Å²) in [7, 11) is -7.14. The van der Waals surface area contributed by atoms with Crippen molar-refractivity contribution in [2.24, 2.45) is 0 Å². The van der Waals surface area contributed by atoms with Gasteiger partial charge in [-0.1, -0.05) is 35.4 Å². The Morgan fingerprint density at radius 3 is 1.35 bits per heavy atom. The molecule has 0 aromatic heterocycles. The number of hydrogen-bond acceptors (Lipinski definition) is 5. The van der Waals surface area contributed by atoms with E-state index in [2.05, 4.69) is 9.44 Å². The Hall–Kier alpha value is -1.39. The van der Waals surface area contributed by atoms with Crippen LogP contribution in [-0.4, -0.2) is 39.4 Å². The van der Waals surface area contributed by atoms with Crippen LogP contribution in [0.5, 0.6) is 0 Å². The normalized spacial score (nSPS) is 26.5. The van der Waals surface area contributed by atoms with Gasteiger partial charge in [-0.15, -0.1) is 0 Å². The smallest absolute Gasteiger partial charge is 0.207 e. The number of rotatable bonds is 6. The molecular formula is C22H28N2O4S3. The predicted octanol–water partition coefficient (Wildman–Crippen LogP) is 3.36. The monoisotopic (exact) mass is 480 g/mol. The molecule has 0 spiro atoms. The highest BCUT2D eigenvalue weighted by atomic mass is 32.2. The summed E-state index contributed by atoms with van der Waals surface area (Å²) in [4.78, 5) is 0.564. The van der Waals surface area contributed by atoms with Crippen LogP contribution in [0.25, 0.3) is 0 Å². The number of nitrogens with one attached hydrogen (secondary N) is 2. The fourth-order valence-electron chi connectivity index (χ4n) is 4.25. The zero-order chi connectivity index (χ0) is 22.2. The Labute approximate surface area is 189 Å². The quantitative estimate of drug-likeness (QED) is 0.661. The average Bonchev–Trinajstić information content (AvgIpc) is 2.72. The molecule has 2 aromatic carbocycles. The van der Waals surface area contributed by atoms with Gasteiger partial charge in [-0.25, -0.2) is 26.3 Å². The Bertz CT molecular complexity index is 1040. The summed E-state index contributed by atoms with van der Waals surface area (Å²) < 4.78 is 57.0. The van der Waals surface area contributed by atoms with Gasteiger partial charge in [-0.05, 0) is 63.8 Å². The molecule has 2 N–H and O–H groups in total. The van der Waals surface area contributed by atoms with E-state index < -0.39 is 20.0 Å². The molecule has 4 rings (SSSR count). The number of sulfonamides is 2. The maximum absolute atomic E-state index is 12.8. The number of fused-ring (bicyclic) bond motifs is 2. The van der Waals surface area contributed by atoms with Gasteiger partial charge in [0.15, 0.2) is 0 Å². The molecule has 0 unspecified atom stereocenters. The molecule has 9 heteroatoms. The van der Waals surface area contributed by atoms with Crippen molar-refractivity contribution in [3.05, 3.63) is 59.7 Å². The van der Waals surface area contributed by atoms with E-state index in [0.29, 0.717) is 12.8 Å². The first kappa shape index (κ1) is 22.8. The van der Waals surface area contributed by atoms with Crippen molar-refractivity contribution in [3.8, 4) is 0 Å². The highest BCUT2D eigenvalue weighted by Gasteiger charge is 2.42. The second-order valence-corrected chi connectivity index (χ2v) is 13.4. The summed E-state index contributed by atoms with van der Waals surface area (Å²) in [6.07, 6.45) is 2.94. The molecule has 31 heavy (non-hydrogen) atoms. The first-order valence-electron chi connectivity index (χ1n) is 10.5. The van der Waals surface area contributed by atoms with Gasteiger partial charge in [-0.2, -0.15) is 11.8 Å². The molecule has 2 bridgehead atoms. The largest absolute Gasteiger partial charge is 0.240 e. The first-order valence-corrected chi connectivity index (χ1v) is 14.4. The third-order valence-electron chi connectivity index (χ3n) is 6.05. The zero-order valence-corrected chi connectivity index (χ0v) is 20.1. The molecular weight excluding hydrogens is 452 g/mol. The van der Waals surface area contributed by atoms with Gasteiger partial charge >= 0.3 is 0 Å². The van der Waals surface area contributed by atoms with E-state index in [9.17, 15) is 16.8 Å². The van der Waals surface area contributed by atoms with Gasteiger partial charge in [0.25, 0.3) is 0 Å². The van der Waals surface area contributed by atoms with Crippen LogP contribution in [0.1, 0.15) is 36.8 Å². The summed E-state index contributed by atoms with van der Waals surface area (Å²) in [5.74, 6) is 0. The van der Waals surface area contributed by atoms with Crippen molar-refractivity contribution >= 4 is 31.8 Å². The lowest BCUT2D eigenvalue weighted by Crippen LogP contribution is -2.53. The minimum atomic E-state index is -3.57. The summed E-state index contributed by atoms with van der Waals surface area (Å²) in [5, 5.41) is 0.304. The van der Waals surface area contributed by atoms with E-state index in [4.69, 9.17) is 0 Å². The van der Waals surface area contributed by atoms with Crippen molar-refractivity contribution in [1.29, 1.82) is 0 Å². The average molecular weight is 481 g/mol. The lowest BCUT2D eigenvalue weighted by Gasteiger charge is -2.44. The number of benzene rings is 2. The fraction of sp³-hybridized carbons (Fsp3) is 0.455. The molecule has 2 aliphatic heterocycles. The van der Waals surface area contributed by atoms with E-state index in [-0.39, 0.29) is 32.4 Å². The molecule has 6 nitrogen and oxygen atoms in total. The number of hydrogen-bond donors (Lipinski definition) is 2.